The highest BCUT2D eigenvalue weighted by Gasteiger charge is 2.63. The molecule has 0 radical (unpaired) electrons. The lowest BCUT2D eigenvalue weighted by Gasteiger charge is -2.64. The molecule has 0 bridgehead atoms. The molecule has 4 aliphatic rings. The van der Waals surface area contributed by atoms with Gasteiger partial charge < -0.3 is 5.11 Å². The van der Waals surface area contributed by atoms with E-state index in [1.165, 1.54) is 38.5 Å². The molecule has 0 aromatic heterocycles. The van der Waals surface area contributed by atoms with Crippen LogP contribution >= 0.6 is 0 Å². The van der Waals surface area contributed by atoms with Crippen LogP contribution < -0.4 is 0 Å². The van der Waals surface area contributed by atoms with Crippen LogP contribution in [0.4, 0.5) is 0 Å². The summed E-state index contributed by atoms with van der Waals surface area (Å²) in [5, 5.41) is 10.3. The number of carbonyl (C=O) groups is 1. The molecule has 4 saturated carbocycles. The summed E-state index contributed by atoms with van der Waals surface area (Å²) in [6, 6.07) is 0. The van der Waals surface area contributed by atoms with Gasteiger partial charge >= 0.3 is 0 Å². The first-order valence-electron chi connectivity index (χ1n) is 10.4. The first-order chi connectivity index (χ1) is 11.2. The zero-order valence-corrected chi connectivity index (χ0v) is 16.1. The maximum absolute atomic E-state index is 12.1. The van der Waals surface area contributed by atoms with Crippen molar-refractivity contribution in [2.75, 3.05) is 0 Å². The number of hydrogen-bond donors (Lipinski definition) is 1. The lowest BCUT2D eigenvalue weighted by molar-refractivity contribution is -0.165. The summed E-state index contributed by atoms with van der Waals surface area (Å²) in [6.07, 6.45) is 10.3. The highest BCUT2D eigenvalue weighted by atomic mass is 16.3. The number of Topliss-reactive ketones (excluding diaryl/α,β-unsaturated/α-hetero) is 1. The van der Waals surface area contributed by atoms with Gasteiger partial charge in [-0.15, -0.1) is 0 Å². The van der Waals surface area contributed by atoms with E-state index in [2.05, 4.69) is 20.8 Å². The molecule has 0 amide bonds. The van der Waals surface area contributed by atoms with Crippen molar-refractivity contribution >= 4 is 5.78 Å². The Hall–Kier alpha value is -0.370. The zero-order chi connectivity index (χ0) is 17.3. The summed E-state index contributed by atoms with van der Waals surface area (Å²) in [5.74, 6) is 3.44. The van der Waals surface area contributed by atoms with Gasteiger partial charge in [-0.05, 0) is 91.8 Å². The van der Waals surface area contributed by atoms with Crippen LogP contribution in [0.25, 0.3) is 0 Å². The normalized spacial score (nSPS) is 55.5. The summed E-state index contributed by atoms with van der Waals surface area (Å²) in [6.45, 7) is 9.44. The lowest BCUT2D eigenvalue weighted by atomic mass is 9.40. The van der Waals surface area contributed by atoms with Gasteiger partial charge in [-0.2, -0.15) is 0 Å². The zero-order valence-electron chi connectivity index (χ0n) is 16.1. The second kappa shape index (κ2) is 5.32. The number of aliphatic hydroxyl groups is 1. The van der Waals surface area contributed by atoms with Gasteiger partial charge in [-0.25, -0.2) is 0 Å². The molecule has 0 aliphatic heterocycles. The Labute approximate surface area is 147 Å². The van der Waals surface area contributed by atoms with E-state index in [1.807, 2.05) is 6.92 Å². The van der Waals surface area contributed by atoms with Crippen LogP contribution in [0.3, 0.4) is 0 Å². The number of hydrogen-bond acceptors (Lipinski definition) is 2. The average Bonchev–Trinajstić information content (AvgIpc) is 2.86. The van der Waals surface area contributed by atoms with Crippen molar-refractivity contribution in [3.05, 3.63) is 0 Å². The third-order valence-corrected chi connectivity index (χ3v) is 9.83. The van der Waals surface area contributed by atoms with Crippen molar-refractivity contribution in [3.63, 3.8) is 0 Å². The van der Waals surface area contributed by atoms with Gasteiger partial charge in [0.2, 0.25) is 0 Å². The molecule has 2 heteroatoms. The highest BCUT2D eigenvalue weighted by molar-refractivity contribution is 5.80. The van der Waals surface area contributed by atoms with Gasteiger partial charge in [0.15, 0.2) is 0 Å². The number of carbonyl (C=O) groups excluding carboxylic acids is 1. The standard InChI is InChI=1S/C22H36O2/c1-14(23)17-5-6-18-16-8-10-20(2)13-15(24)7-12-22(20,4)19(16)9-11-21(17,18)3/h14,16-19,23H,5-13H2,1-4H3/t14-,16-,17+,18-,19-,20-,21+,22+/m0/s1. The van der Waals surface area contributed by atoms with Gasteiger partial charge in [-0.3, -0.25) is 4.79 Å². The van der Waals surface area contributed by atoms with Gasteiger partial charge in [-0.1, -0.05) is 20.8 Å². The second-order valence-corrected chi connectivity index (χ2v) is 10.6. The summed E-state index contributed by atoms with van der Waals surface area (Å²) >= 11 is 0. The summed E-state index contributed by atoms with van der Waals surface area (Å²) in [5.41, 5.74) is 0.942. The molecule has 2 nitrogen and oxygen atoms in total. The minimum atomic E-state index is -0.159. The van der Waals surface area contributed by atoms with Gasteiger partial charge in [0.25, 0.3) is 0 Å². The van der Waals surface area contributed by atoms with E-state index in [1.54, 1.807) is 0 Å². The Balaban J connectivity index is 1.65. The van der Waals surface area contributed by atoms with Crippen molar-refractivity contribution in [1.82, 2.24) is 0 Å². The molecule has 0 aromatic carbocycles. The molecule has 0 saturated heterocycles. The highest BCUT2D eigenvalue weighted by Crippen LogP contribution is 2.70. The largest absolute Gasteiger partial charge is 0.393 e. The van der Waals surface area contributed by atoms with Gasteiger partial charge in [0.05, 0.1) is 6.10 Å². The first-order valence-corrected chi connectivity index (χ1v) is 10.4. The van der Waals surface area contributed by atoms with E-state index in [0.717, 1.165) is 37.0 Å². The van der Waals surface area contributed by atoms with Crippen LogP contribution in [0.1, 0.15) is 85.5 Å². The van der Waals surface area contributed by atoms with E-state index in [9.17, 15) is 9.90 Å². The lowest BCUT2D eigenvalue weighted by Crippen LogP contribution is -2.58. The van der Waals surface area contributed by atoms with Crippen LogP contribution in [0.15, 0.2) is 0 Å². The third-order valence-electron chi connectivity index (χ3n) is 9.83. The minimum absolute atomic E-state index is 0.159. The molecule has 0 unspecified atom stereocenters. The number of rotatable bonds is 1. The first kappa shape index (κ1) is 17.1. The molecule has 136 valence electrons. The van der Waals surface area contributed by atoms with Crippen molar-refractivity contribution < 1.29 is 9.90 Å². The Morgan fingerprint density at radius 1 is 1.00 bits per heavy atom. The predicted octanol–water partition coefficient (Wildman–Crippen LogP) is 4.99. The number of ketones is 1. The molecule has 4 aliphatic carbocycles. The molecule has 24 heavy (non-hydrogen) atoms. The van der Waals surface area contributed by atoms with Crippen LogP contribution in [0.5, 0.6) is 0 Å². The molecule has 4 rings (SSSR count). The smallest absolute Gasteiger partial charge is 0.133 e. The number of fused-ring (bicyclic) bond motifs is 5. The van der Waals surface area contributed by atoms with Crippen LogP contribution in [-0.4, -0.2) is 17.0 Å². The average molecular weight is 333 g/mol. The molecule has 4 fully saturated rings. The maximum Gasteiger partial charge on any atom is 0.133 e. The fraction of sp³-hybridized carbons (Fsp3) is 0.955. The minimum Gasteiger partial charge on any atom is -0.393 e. The van der Waals surface area contributed by atoms with Crippen molar-refractivity contribution in [1.29, 1.82) is 0 Å². The molecule has 0 heterocycles. The van der Waals surface area contributed by atoms with E-state index in [-0.39, 0.29) is 11.5 Å². The molecular formula is C22H36O2. The molecule has 0 spiro atoms. The molecule has 0 aromatic rings. The van der Waals surface area contributed by atoms with Crippen LogP contribution in [-0.2, 0) is 4.79 Å². The van der Waals surface area contributed by atoms with Crippen LogP contribution in [0.2, 0.25) is 0 Å². The van der Waals surface area contributed by atoms with Crippen molar-refractivity contribution in [3.8, 4) is 0 Å². The van der Waals surface area contributed by atoms with E-state index in [4.69, 9.17) is 0 Å². The fourth-order valence-electron chi connectivity index (χ4n) is 8.23. The third kappa shape index (κ3) is 2.07. The second-order valence-electron chi connectivity index (χ2n) is 10.6. The van der Waals surface area contributed by atoms with E-state index in [0.29, 0.717) is 22.5 Å². The number of aliphatic hydroxyl groups excluding tert-OH is 1. The monoisotopic (exact) mass is 332 g/mol. The Morgan fingerprint density at radius 2 is 1.75 bits per heavy atom. The topological polar surface area (TPSA) is 37.3 Å². The summed E-state index contributed by atoms with van der Waals surface area (Å²) in [4.78, 5) is 12.1. The van der Waals surface area contributed by atoms with E-state index >= 15 is 0 Å². The van der Waals surface area contributed by atoms with Crippen LogP contribution in [0, 0.1) is 39.9 Å². The van der Waals surface area contributed by atoms with Gasteiger partial charge in [0, 0.05) is 12.8 Å². The molecular weight excluding hydrogens is 296 g/mol. The van der Waals surface area contributed by atoms with Gasteiger partial charge in [0.1, 0.15) is 5.78 Å². The van der Waals surface area contributed by atoms with Crippen molar-refractivity contribution in [2.24, 2.45) is 39.9 Å². The SMILES string of the molecule is C[C@H](O)[C@H]1CC[C@H]2[C@@H]3CC[C@@]4(C)CC(=O)CC[C@]4(C)[C@H]3CC[C@]12C. The van der Waals surface area contributed by atoms with E-state index < -0.39 is 0 Å². The quantitative estimate of drug-likeness (QED) is 0.735. The Bertz CT molecular complexity index is 540. The molecule has 8 atom stereocenters. The predicted molar refractivity (Wildman–Crippen MR) is 96.5 cm³/mol. The maximum atomic E-state index is 12.1. The Morgan fingerprint density at radius 3 is 2.46 bits per heavy atom. The van der Waals surface area contributed by atoms with Crippen molar-refractivity contribution in [2.45, 2.75) is 91.6 Å². The fourth-order valence-corrected chi connectivity index (χ4v) is 8.23. The summed E-state index contributed by atoms with van der Waals surface area (Å²) < 4.78 is 0. The molecule has 1 N–H and O–H groups in total. The Kier molecular flexibility index (Phi) is 3.78. The summed E-state index contributed by atoms with van der Waals surface area (Å²) in [7, 11) is 0.